The summed E-state index contributed by atoms with van der Waals surface area (Å²) in [5, 5.41) is 5.10. The molecule has 0 aliphatic carbocycles. The van der Waals surface area contributed by atoms with Crippen LogP contribution in [-0.2, 0) is 29.7 Å². The monoisotopic (exact) mass is 459 g/mol. The van der Waals surface area contributed by atoms with Gasteiger partial charge in [-0.05, 0) is 39.5 Å². The van der Waals surface area contributed by atoms with Crippen molar-refractivity contribution in [1.29, 1.82) is 0 Å². The van der Waals surface area contributed by atoms with Gasteiger partial charge in [-0.15, -0.1) is 0 Å². The van der Waals surface area contributed by atoms with Gasteiger partial charge in [0.25, 0.3) is 11.8 Å². The molecule has 9 nitrogen and oxygen atoms in total. The molecule has 1 aromatic carbocycles. The molecule has 4 amide bonds. The molecule has 2 aliphatic heterocycles. The minimum absolute atomic E-state index is 0.219. The Kier molecular flexibility index (Phi) is 4.95. The third kappa shape index (κ3) is 3.67. The Balaban J connectivity index is 1.45. The minimum Gasteiger partial charge on any atom is -0.345 e. The van der Waals surface area contributed by atoms with Crippen molar-refractivity contribution in [2.75, 3.05) is 0 Å². The number of aromatic nitrogens is 2. The second-order valence-corrected chi connectivity index (χ2v) is 7.88. The molecular formula is C19H18BrN5O4. The number of hydrogen-bond donors (Lipinski definition) is 2. The van der Waals surface area contributed by atoms with E-state index in [4.69, 9.17) is 0 Å². The molecule has 0 bridgehead atoms. The van der Waals surface area contributed by atoms with Gasteiger partial charge in [0.15, 0.2) is 5.82 Å². The Morgan fingerprint density at radius 2 is 2.14 bits per heavy atom. The van der Waals surface area contributed by atoms with Crippen molar-refractivity contribution in [1.82, 2.24) is 25.1 Å². The number of nitrogens with zero attached hydrogens (tertiary/aromatic N) is 3. The molecule has 1 unspecified atom stereocenters. The third-order valence-corrected chi connectivity index (χ3v) is 5.47. The van der Waals surface area contributed by atoms with Gasteiger partial charge in [0.2, 0.25) is 11.8 Å². The van der Waals surface area contributed by atoms with Crippen LogP contribution >= 0.6 is 15.9 Å². The van der Waals surface area contributed by atoms with Crippen LogP contribution in [0.5, 0.6) is 0 Å². The smallest absolute Gasteiger partial charge is 0.287 e. The van der Waals surface area contributed by atoms with Crippen LogP contribution in [0.1, 0.15) is 44.9 Å². The van der Waals surface area contributed by atoms with Gasteiger partial charge in [-0.2, -0.15) is 0 Å². The van der Waals surface area contributed by atoms with Crippen molar-refractivity contribution in [3.8, 4) is 0 Å². The molecule has 2 aromatic rings. The standard InChI is InChI=1S/C19H18BrN5O4/c1-24-9-14(20)22-16(24)18(28)21-7-10-2-3-12-11(6-10)8-25(19(12)29)13-4-5-15(26)23-17(13)27/h2-3,6,9,13H,4-5,7-8H2,1H3,(H,21,28)(H,23,26,27). The second kappa shape index (κ2) is 7.43. The topological polar surface area (TPSA) is 113 Å². The lowest BCUT2D eigenvalue weighted by Crippen LogP contribution is -2.52. The van der Waals surface area contributed by atoms with E-state index in [0.717, 1.165) is 11.1 Å². The maximum absolute atomic E-state index is 12.7. The van der Waals surface area contributed by atoms with E-state index in [9.17, 15) is 19.2 Å². The molecule has 1 atom stereocenters. The van der Waals surface area contributed by atoms with Gasteiger partial charge in [-0.25, -0.2) is 4.98 Å². The van der Waals surface area contributed by atoms with E-state index in [1.165, 1.54) is 4.90 Å². The lowest BCUT2D eigenvalue weighted by Gasteiger charge is -2.29. The van der Waals surface area contributed by atoms with E-state index in [-0.39, 0.29) is 36.5 Å². The van der Waals surface area contributed by atoms with Crippen molar-refractivity contribution in [2.45, 2.75) is 32.0 Å². The number of halogens is 1. The number of carbonyl (C=O) groups excluding carboxylic acids is 4. The second-order valence-electron chi connectivity index (χ2n) is 7.07. The van der Waals surface area contributed by atoms with Crippen molar-refractivity contribution in [2.24, 2.45) is 7.05 Å². The lowest BCUT2D eigenvalue weighted by atomic mass is 10.0. The molecule has 2 aliphatic rings. The van der Waals surface area contributed by atoms with Crippen LogP contribution in [0.15, 0.2) is 29.0 Å². The number of aryl methyl sites for hydroxylation is 1. The van der Waals surface area contributed by atoms with Crippen LogP contribution in [0.2, 0.25) is 0 Å². The van der Waals surface area contributed by atoms with E-state index >= 15 is 0 Å². The summed E-state index contributed by atoms with van der Waals surface area (Å²) in [5.74, 6) is -0.982. The highest BCUT2D eigenvalue weighted by molar-refractivity contribution is 9.10. The van der Waals surface area contributed by atoms with Crippen LogP contribution in [0.4, 0.5) is 0 Å². The number of piperidine rings is 1. The Labute approximate surface area is 174 Å². The number of carbonyl (C=O) groups is 4. The summed E-state index contributed by atoms with van der Waals surface area (Å²) in [5.41, 5.74) is 2.17. The largest absolute Gasteiger partial charge is 0.345 e. The molecular weight excluding hydrogens is 442 g/mol. The zero-order valence-corrected chi connectivity index (χ0v) is 17.2. The molecule has 29 heavy (non-hydrogen) atoms. The van der Waals surface area contributed by atoms with Crippen LogP contribution in [-0.4, -0.2) is 44.1 Å². The van der Waals surface area contributed by atoms with Gasteiger partial charge >= 0.3 is 0 Å². The van der Waals surface area contributed by atoms with Crippen molar-refractivity contribution < 1.29 is 19.2 Å². The summed E-state index contributed by atoms with van der Waals surface area (Å²) in [6, 6.07) is 4.70. The van der Waals surface area contributed by atoms with Crippen LogP contribution in [0.25, 0.3) is 0 Å². The molecule has 150 valence electrons. The van der Waals surface area contributed by atoms with Crippen molar-refractivity contribution in [3.63, 3.8) is 0 Å². The van der Waals surface area contributed by atoms with Gasteiger partial charge in [0, 0.05) is 38.3 Å². The number of rotatable bonds is 4. The molecule has 3 heterocycles. The quantitative estimate of drug-likeness (QED) is 0.658. The normalized spacial score (nSPS) is 18.6. The molecule has 1 aromatic heterocycles. The zero-order valence-electron chi connectivity index (χ0n) is 15.6. The average molecular weight is 460 g/mol. The summed E-state index contributed by atoms with van der Waals surface area (Å²) in [6.45, 7) is 0.581. The molecule has 0 spiro atoms. The molecule has 1 saturated heterocycles. The van der Waals surface area contributed by atoms with Gasteiger partial charge in [0.1, 0.15) is 10.6 Å². The van der Waals surface area contributed by atoms with E-state index in [0.29, 0.717) is 23.1 Å². The van der Waals surface area contributed by atoms with Crippen molar-refractivity contribution in [3.05, 3.63) is 51.5 Å². The molecule has 0 radical (unpaired) electrons. The number of benzene rings is 1. The lowest BCUT2D eigenvalue weighted by molar-refractivity contribution is -0.136. The van der Waals surface area contributed by atoms with E-state index in [1.807, 2.05) is 6.07 Å². The van der Waals surface area contributed by atoms with Crippen LogP contribution in [0.3, 0.4) is 0 Å². The summed E-state index contributed by atoms with van der Waals surface area (Å²) < 4.78 is 2.20. The molecule has 2 N–H and O–H groups in total. The summed E-state index contributed by atoms with van der Waals surface area (Å²) in [7, 11) is 1.73. The van der Waals surface area contributed by atoms with E-state index in [2.05, 4.69) is 31.5 Å². The van der Waals surface area contributed by atoms with E-state index < -0.39 is 11.9 Å². The van der Waals surface area contributed by atoms with E-state index in [1.54, 1.807) is 29.9 Å². The van der Waals surface area contributed by atoms with Gasteiger partial charge < -0.3 is 14.8 Å². The predicted octanol–water partition coefficient (Wildman–Crippen LogP) is 0.874. The molecule has 1 fully saturated rings. The summed E-state index contributed by atoms with van der Waals surface area (Å²) in [6.07, 6.45) is 2.24. The highest BCUT2D eigenvalue weighted by atomic mass is 79.9. The fourth-order valence-electron chi connectivity index (χ4n) is 3.64. The SMILES string of the molecule is Cn1cc(Br)nc1C(=O)NCc1ccc2c(c1)CN(C1CCC(=O)NC1=O)C2=O. The van der Waals surface area contributed by atoms with Gasteiger partial charge in [-0.3, -0.25) is 24.5 Å². The third-order valence-electron chi connectivity index (χ3n) is 5.09. The Bertz CT molecular complexity index is 1050. The minimum atomic E-state index is -0.641. The first kappa shape index (κ1) is 19.3. The van der Waals surface area contributed by atoms with Crippen molar-refractivity contribution >= 4 is 39.6 Å². The highest BCUT2D eigenvalue weighted by Crippen LogP contribution is 2.28. The molecule has 4 rings (SSSR count). The number of nitrogens with one attached hydrogen (secondary N) is 2. The average Bonchev–Trinajstić information content (AvgIpc) is 3.18. The fourth-order valence-corrected chi connectivity index (χ4v) is 4.12. The highest BCUT2D eigenvalue weighted by Gasteiger charge is 2.39. The number of imidazole rings is 1. The Hall–Kier alpha value is -3.01. The number of hydrogen-bond acceptors (Lipinski definition) is 5. The number of imide groups is 1. The summed E-state index contributed by atoms with van der Waals surface area (Å²) in [4.78, 5) is 54.1. The first-order chi connectivity index (χ1) is 13.8. The first-order valence-electron chi connectivity index (χ1n) is 9.07. The predicted molar refractivity (Wildman–Crippen MR) is 105 cm³/mol. The Morgan fingerprint density at radius 1 is 1.34 bits per heavy atom. The maximum Gasteiger partial charge on any atom is 0.287 e. The maximum atomic E-state index is 12.7. The zero-order chi connectivity index (χ0) is 20.7. The van der Waals surface area contributed by atoms with Gasteiger partial charge in [0.05, 0.1) is 0 Å². The molecule has 0 saturated carbocycles. The van der Waals surface area contributed by atoms with Crippen LogP contribution < -0.4 is 10.6 Å². The first-order valence-corrected chi connectivity index (χ1v) is 9.86. The summed E-state index contributed by atoms with van der Waals surface area (Å²) >= 11 is 3.24. The van der Waals surface area contributed by atoms with Crippen LogP contribution in [0, 0.1) is 0 Å². The molecule has 10 heteroatoms. The van der Waals surface area contributed by atoms with Gasteiger partial charge in [-0.1, -0.05) is 12.1 Å². The fraction of sp³-hybridized carbons (Fsp3) is 0.316. The Morgan fingerprint density at radius 3 is 2.83 bits per heavy atom. The number of amides is 4. The number of fused-ring (bicyclic) bond motifs is 1.